The molecule has 0 amide bonds. The molecular formula is C16H29NS. The van der Waals surface area contributed by atoms with Gasteiger partial charge in [-0.05, 0) is 69.2 Å². The van der Waals surface area contributed by atoms with E-state index in [1.165, 1.54) is 45.2 Å². The largest absolute Gasteiger partial charge is 0.299 e. The number of thioether (sulfide) groups is 1. The maximum atomic E-state index is 2.84. The number of fused-ring (bicyclic) bond motifs is 1. The maximum absolute atomic E-state index is 2.84. The van der Waals surface area contributed by atoms with Crippen LogP contribution in [0.3, 0.4) is 0 Å². The van der Waals surface area contributed by atoms with Crippen LogP contribution in [0.25, 0.3) is 0 Å². The van der Waals surface area contributed by atoms with Gasteiger partial charge in [-0.1, -0.05) is 20.3 Å². The molecule has 3 rings (SSSR count). The molecule has 0 spiro atoms. The summed E-state index contributed by atoms with van der Waals surface area (Å²) in [7, 11) is 0. The van der Waals surface area contributed by atoms with Crippen LogP contribution in [0.5, 0.6) is 0 Å². The molecule has 2 aliphatic carbocycles. The fraction of sp³-hybridized carbons (Fsp3) is 1.00. The average Bonchev–Trinajstić information content (AvgIpc) is 2.90. The van der Waals surface area contributed by atoms with Crippen molar-refractivity contribution >= 4 is 11.8 Å². The van der Waals surface area contributed by atoms with Crippen molar-refractivity contribution < 1.29 is 0 Å². The number of hydrogen-bond acceptors (Lipinski definition) is 2. The summed E-state index contributed by atoms with van der Waals surface area (Å²) in [6.45, 7) is 10.3. The van der Waals surface area contributed by atoms with Crippen molar-refractivity contribution in [3.05, 3.63) is 0 Å². The summed E-state index contributed by atoms with van der Waals surface area (Å²) in [6.07, 6.45) is 9.57. The molecule has 3 aliphatic rings. The number of hydrogen-bond donors (Lipinski definition) is 0. The monoisotopic (exact) mass is 267 g/mol. The molecule has 4 atom stereocenters. The van der Waals surface area contributed by atoms with Gasteiger partial charge < -0.3 is 0 Å². The van der Waals surface area contributed by atoms with Crippen molar-refractivity contribution in [3.8, 4) is 0 Å². The third-order valence-corrected chi connectivity index (χ3v) is 7.76. The second-order valence-corrected chi connectivity index (χ2v) is 8.94. The van der Waals surface area contributed by atoms with Crippen LogP contribution in [-0.4, -0.2) is 35.0 Å². The molecule has 1 heterocycles. The molecule has 2 heteroatoms. The molecular weight excluding hydrogens is 238 g/mol. The van der Waals surface area contributed by atoms with E-state index in [9.17, 15) is 0 Å². The molecule has 1 nitrogen and oxygen atoms in total. The summed E-state index contributed by atoms with van der Waals surface area (Å²) in [6, 6.07) is 0.843. The van der Waals surface area contributed by atoms with Crippen LogP contribution in [0.2, 0.25) is 0 Å². The molecule has 18 heavy (non-hydrogen) atoms. The Morgan fingerprint density at radius 1 is 1.00 bits per heavy atom. The lowest BCUT2D eigenvalue weighted by Crippen LogP contribution is -2.53. The highest BCUT2D eigenvalue weighted by Crippen LogP contribution is 2.68. The second kappa shape index (κ2) is 4.41. The van der Waals surface area contributed by atoms with Crippen LogP contribution in [-0.2, 0) is 0 Å². The van der Waals surface area contributed by atoms with Gasteiger partial charge in [-0.2, -0.15) is 11.8 Å². The molecule has 0 aromatic heterocycles. The Labute approximate surface area is 117 Å². The third kappa shape index (κ3) is 1.95. The highest BCUT2D eigenvalue weighted by atomic mass is 32.2. The molecule has 3 fully saturated rings. The van der Waals surface area contributed by atoms with Gasteiger partial charge in [0.1, 0.15) is 0 Å². The Bertz CT molecular complexity index is 321. The van der Waals surface area contributed by atoms with E-state index in [0.29, 0.717) is 10.2 Å². The second-order valence-electron chi connectivity index (χ2n) is 7.60. The van der Waals surface area contributed by atoms with E-state index in [1.54, 1.807) is 0 Å². The fourth-order valence-electron chi connectivity index (χ4n) is 4.78. The first-order valence-electron chi connectivity index (χ1n) is 7.78. The van der Waals surface area contributed by atoms with E-state index < -0.39 is 0 Å². The minimum atomic E-state index is 0.506. The minimum Gasteiger partial charge on any atom is -0.299 e. The third-order valence-electron chi connectivity index (χ3n) is 6.39. The Morgan fingerprint density at radius 3 is 2.28 bits per heavy atom. The molecule has 0 N–H and O–H groups in total. The lowest BCUT2D eigenvalue weighted by molar-refractivity contribution is 0.103. The molecule has 0 bridgehead atoms. The van der Waals surface area contributed by atoms with Crippen molar-refractivity contribution in [3.63, 3.8) is 0 Å². The predicted octanol–water partition coefficient (Wildman–Crippen LogP) is 4.03. The van der Waals surface area contributed by atoms with Crippen molar-refractivity contribution in [2.24, 2.45) is 17.3 Å². The summed E-state index contributed by atoms with van der Waals surface area (Å²) >= 11 is 2.14. The van der Waals surface area contributed by atoms with Gasteiger partial charge in [0.25, 0.3) is 0 Å². The SMILES string of the molecule is CS[C@]1(C)C[C@H]2[C@H](C[C@H]1N1CCCCC1)C2(C)C. The summed E-state index contributed by atoms with van der Waals surface area (Å²) < 4.78 is 0.506. The molecule has 0 unspecified atom stereocenters. The smallest absolute Gasteiger partial charge is 0.0287 e. The highest BCUT2D eigenvalue weighted by Gasteiger charge is 2.64. The van der Waals surface area contributed by atoms with Crippen molar-refractivity contribution in [2.75, 3.05) is 19.3 Å². The molecule has 1 aliphatic heterocycles. The van der Waals surface area contributed by atoms with Gasteiger partial charge in [-0.3, -0.25) is 4.90 Å². The maximum Gasteiger partial charge on any atom is 0.0287 e. The molecule has 0 aromatic carbocycles. The van der Waals surface area contributed by atoms with Gasteiger partial charge in [0, 0.05) is 10.8 Å². The van der Waals surface area contributed by atoms with Gasteiger partial charge in [0.05, 0.1) is 0 Å². The first-order valence-corrected chi connectivity index (χ1v) is 9.01. The van der Waals surface area contributed by atoms with Crippen LogP contribution < -0.4 is 0 Å². The Kier molecular flexibility index (Phi) is 3.26. The number of rotatable bonds is 2. The van der Waals surface area contributed by atoms with Crippen molar-refractivity contribution in [2.45, 2.75) is 63.7 Å². The van der Waals surface area contributed by atoms with E-state index in [1.807, 2.05) is 0 Å². The molecule has 0 radical (unpaired) electrons. The minimum absolute atomic E-state index is 0.506. The van der Waals surface area contributed by atoms with Crippen LogP contribution in [0.1, 0.15) is 52.9 Å². The Morgan fingerprint density at radius 2 is 1.67 bits per heavy atom. The van der Waals surface area contributed by atoms with E-state index in [0.717, 1.165) is 17.9 Å². The zero-order valence-corrected chi connectivity index (χ0v) is 13.4. The molecule has 2 saturated carbocycles. The van der Waals surface area contributed by atoms with Gasteiger partial charge in [0.2, 0.25) is 0 Å². The molecule has 104 valence electrons. The van der Waals surface area contributed by atoms with Crippen LogP contribution in [0.4, 0.5) is 0 Å². The lowest BCUT2D eigenvalue weighted by Gasteiger charge is -2.47. The first kappa shape index (κ1) is 13.3. The van der Waals surface area contributed by atoms with Crippen LogP contribution in [0, 0.1) is 17.3 Å². The fourth-order valence-corrected chi connectivity index (χ4v) is 5.64. The van der Waals surface area contributed by atoms with E-state index in [2.05, 4.69) is 43.7 Å². The van der Waals surface area contributed by atoms with Gasteiger partial charge in [0.15, 0.2) is 0 Å². The Hall–Kier alpha value is 0.310. The topological polar surface area (TPSA) is 3.24 Å². The van der Waals surface area contributed by atoms with Crippen LogP contribution >= 0.6 is 11.8 Å². The van der Waals surface area contributed by atoms with Crippen LogP contribution in [0.15, 0.2) is 0 Å². The van der Waals surface area contributed by atoms with E-state index >= 15 is 0 Å². The van der Waals surface area contributed by atoms with Gasteiger partial charge >= 0.3 is 0 Å². The first-order chi connectivity index (χ1) is 8.49. The highest BCUT2D eigenvalue weighted by molar-refractivity contribution is 8.00. The zero-order valence-electron chi connectivity index (χ0n) is 12.5. The van der Waals surface area contributed by atoms with E-state index in [4.69, 9.17) is 0 Å². The lowest BCUT2D eigenvalue weighted by atomic mass is 9.83. The summed E-state index contributed by atoms with van der Waals surface area (Å²) in [4.78, 5) is 2.84. The summed E-state index contributed by atoms with van der Waals surface area (Å²) in [5.74, 6) is 2.03. The standard InChI is InChI=1S/C16H29NS/c1-15(2)12-10-14(17-8-6-5-7-9-17)16(3,18-4)11-13(12)15/h12-14H,5-11H2,1-4H3/t12-,13-,14+,16+/m0/s1. The molecule has 0 aromatic rings. The van der Waals surface area contributed by atoms with Crippen molar-refractivity contribution in [1.29, 1.82) is 0 Å². The summed E-state index contributed by atoms with van der Waals surface area (Å²) in [5, 5.41) is 0. The summed E-state index contributed by atoms with van der Waals surface area (Å²) in [5.41, 5.74) is 0.640. The van der Waals surface area contributed by atoms with E-state index in [-0.39, 0.29) is 0 Å². The number of nitrogens with zero attached hydrogens (tertiary/aromatic N) is 1. The predicted molar refractivity (Wildman–Crippen MR) is 81.1 cm³/mol. The van der Waals surface area contributed by atoms with Gasteiger partial charge in [-0.15, -0.1) is 0 Å². The quantitative estimate of drug-likeness (QED) is 0.743. The normalized spacial score (nSPS) is 47.7. The number of piperidine rings is 1. The Balaban J connectivity index is 1.78. The molecule has 1 saturated heterocycles. The average molecular weight is 267 g/mol. The van der Waals surface area contributed by atoms with Crippen molar-refractivity contribution in [1.82, 2.24) is 4.90 Å². The number of likely N-dealkylation sites (tertiary alicyclic amines) is 1. The van der Waals surface area contributed by atoms with Gasteiger partial charge in [-0.25, -0.2) is 0 Å². The zero-order chi connectivity index (χ0) is 13.0.